The maximum absolute atomic E-state index is 13.5. The van der Waals surface area contributed by atoms with Crippen LogP contribution in [0.4, 0.5) is 26.3 Å². The van der Waals surface area contributed by atoms with Crippen LogP contribution in [0.3, 0.4) is 0 Å². The fraction of sp³-hybridized carbons (Fsp3) is 0.462. The zero-order valence-electron chi connectivity index (χ0n) is 20.6. The van der Waals surface area contributed by atoms with E-state index >= 15 is 0 Å². The van der Waals surface area contributed by atoms with Gasteiger partial charge in [0.25, 0.3) is 0 Å². The Kier molecular flexibility index (Phi) is 10.4. The maximum Gasteiger partial charge on any atom is 0.417 e. The van der Waals surface area contributed by atoms with Gasteiger partial charge in [0.1, 0.15) is 24.2 Å². The first kappa shape index (κ1) is 29.2. The van der Waals surface area contributed by atoms with Gasteiger partial charge in [-0.15, -0.1) is 0 Å². The monoisotopic (exact) mass is 516 g/mol. The van der Waals surface area contributed by atoms with Crippen LogP contribution in [0.5, 0.6) is 11.5 Å². The summed E-state index contributed by atoms with van der Waals surface area (Å²) in [7, 11) is 2.74. The van der Waals surface area contributed by atoms with Crippen LogP contribution in [-0.2, 0) is 12.4 Å². The lowest BCUT2D eigenvalue weighted by Crippen LogP contribution is -2.25. The minimum atomic E-state index is -4.61. The molecule has 0 amide bonds. The standard InChI is InChI=1S/C26H30F6N2O2/c1-17(2)6-5-7-22(36-21-11-9-19(15-34-4)24(13-21)26(30,31)32)16-35-20-10-8-18(14-33-3)23(12-20)25(27,28)29/h8-15,17,22H,5-7,16H2,1-4H3. The molecule has 0 bridgehead atoms. The summed E-state index contributed by atoms with van der Waals surface area (Å²) in [6.45, 7) is 3.93. The van der Waals surface area contributed by atoms with Crippen molar-refractivity contribution in [3.8, 4) is 11.5 Å². The molecular formula is C26H30F6N2O2. The van der Waals surface area contributed by atoms with E-state index in [1.807, 2.05) is 13.8 Å². The lowest BCUT2D eigenvalue weighted by molar-refractivity contribution is -0.138. The highest BCUT2D eigenvalue weighted by atomic mass is 19.4. The van der Waals surface area contributed by atoms with E-state index in [1.54, 1.807) is 0 Å². The third-order valence-corrected chi connectivity index (χ3v) is 5.24. The van der Waals surface area contributed by atoms with Crippen molar-refractivity contribution in [3.05, 3.63) is 58.7 Å². The molecule has 0 saturated carbocycles. The van der Waals surface area contributed by atoms with Crippen LogP contribution in [0.15, 0.2) is 46.4 Å². The Morgan fingerprint density at radius 2 is 1.28 bits per heavy atom. The summed E-state index contributed by atoms with van der Waals surface area (Å²) in [5, 5.41) is 0. The van der Waals surface area contributed by atoms with Crippen LogP contribution in [0, 0.1) is 5.92 Å². The van der Waals surface area contributed by atoms with Gasteiger partial charge in [-0.3, -0.25) is 9.98 Å². The molecule has 0 fully saturated rings. The van der Waals surface area contributed by atoms with Gasteiger partial charge in [-0.2, -0.15) is 26.3 Å². The van der Waals surface area contributed by atoms with Crippen molar-refractivity contribution in [2.75, 3.05) is 20.7 Å². The Bertz CT molecular complexity index is 1050. The summed E-state index contributed by atoms with van der Waals surface area (Å²) in [6, 6.07) is 7.08. The van der Waals surface area contributed by atoms with Crippen molar-refractivity contribution in [1.29, 1.82) is 0 Å². The first-order valence-electron chi connectivity index (χ1n) is 11.4. The molecule has 198 valence electrons. The normalized spacial score (nSPS) is 13.6. The van der Waals surface area contributed by atoms with Crippen LogP contribution < -0.4 is 9.47 Å². The first-order chi connectivity index (χ1) is 16.8. The number of aliphatic imine (C=N–C) groups is 2. The molecule has 0 spiro atoms. The molecule has 2 aromatic rings. The number of ether oxygens (including phenoxy) is 2. The molecule has 0 heterocycles. The van der Waals surface area contributed by atoms with E-state index in [0.29, 0.717) is 18.8 Å². The number of hydrogen-bond acceptors (Lipinski definition) is 4. The van der Waals surface area contributed by atoms with Crippen LogP contribution in [-0.4, -0.2) is 39.2 Å². The highest BCUT2D eigenvalue weighted by Crippen LogP contribution is 2.35. The second-order valence-electron chi connectivity index (χ2n) is 8.64. The van der Waals surface area contributed by atoms with Crippen LogP contribution in [0.2, 0.25) is 0 Å². The number of halogens is 6. The van der Waals surface area contributed by atoms with Gasteiger partial charge in [0.15, 0.2) is 0 Å². The summed E-state index contributed by atoms with van der Waals surface area (Å²) in [6.07, 6.45) is -5.68. The molecule has 0 saturated heterocycles. The molecular weight excluding hydrogens is 486 g/mol. The minimum Gasteiger partial charge on any atom is -0.490 e. The first-order valence-corrected chi connectivity index (χ1v) is 11.4. The molecule has 4 nitrogen and oxygen atoms in total. The predicted molar refractivity (Wildman–Crippen MR) is 129 cm³/mol. The minimum absolute atomic E-state index is 0.0146. The highest BCUT2D eigenvalue weighted by Gasteiger charge is 2.34. The number of nitrogens with zero attached hydrogens (tertiary/aromatic N) is 2. The van der Waals surface area contributed by atoms with Gasteiger partial charge in [-0.05, 0) is 55.2 Å². The third kappa shape index (κ3) is 8.87. The molecule has 0 aromatic heterocycles. The van der Waals surface area contributed by atoms with E-state index in [0.717, 1.165) is 31.0 Å². The van der Waals surface area contributed by atoms with Crippen molar-refractivity contribution < 1.29 is 35.8 Å². The average Bonchev–Trinajstić information content (AvgIpc) is 2.77. The average molecular weight is 517 g/mol. The van der Waals surface area contributed by atoms with Gasteiger partial charge in [0, 0.05) is 37.7 Å². The van der Waals surface area contributed by atoms with Gasteiger partial charge >= 0.3 is 12.4 Å². The third-order valence-electron chi connectivity index (χ3n) is 5.24. The van der Waals surface area contributed by atoms with Crippen LogP contribution in [0.1, 0.15) is 55.4 Å². The van der Waals surface area contributed by atoms with E-state index in [-0.39, 0.29) is 29.2 Å². The van der Waals surface area contributed by atoms with Crippen LogP contribution >= 0.6 is 0 Å². The lowest BCUT2D eigenvalue weighted by Gasteiger charge is -2.22. The second-order valence-corrected chi connectivity index (χ2v) is 8.64. The Labute approximate surface area is 207 Å². The Morgan fingerprint density at radius 1 is 0.778 bits per heavy atom. The Balaban J connectivity index is 2.27. The highest BCUT2D eigenvalue weighted by molar-refractivity contribution is 5.83. The Morgan fingerprint density at radius 3 is 1.75 bits per heavy atom. The van der Waals surface area contributed by atoms with E-state index in [2.05, 4.69) is 9.98 Å². The molecule has 0 aliphatic rings. The van der Waals surface area contributed by atoms with E-state index < -0.39 is 29.6 Å². The molecule has 0 aliphatic heterocycles. The quantitative estimate of drug-likeness (QED) is 0.230. The molecule has 36 heavy (non-hydrogen) atoms. The van der Waals surface area contributed by atoms with Crippen molar-refractivity contribution in [2.24, 2.45) is 15.9 Å². The summed E-state index contributed by atoms with van der Waals surface area (Å²) in [5.41, 5.74) is -1.99. The van der Waals surface area contributed by atoms with Crippen molar-refractivity contribution >= 4 is 12.4 Å². The summed E-state index contributed by atoms with van der Waals surface area (Å²) >= 11 is 0. The molecule has 2 aromatic carbocycles. The number of rotatable bonds is 11. The molecule has 10 heteroatoms. The molecule has 0 aliphatic carbocycles. The topological polar surface area (TPSA) is 43.2 Å². The largest absolute Gasteiger partial charge is 0.490 e. The summed E-state index contributed by atoms with van der Waals surface area (Å²) in [4.78, 5) is 7.31. The fourth-order valence-electron chi connectivity index (χ4n) is 3.54. The van der Waals surface area contributed by atoms with E-state index in [4.69, 9.17) is 9.47 Å². The summed E-state index contributed by atoms with van der Waals surface area (Å²) in [5.74, 6) is 0.357. The van der Waals surface area contributed by atoms with Gasteiger partial charge in [-0.25, -0.2) is 0 Å². The molecule has 0 N–H and O–H groups in total. The Hall–Kier alpha value is -3.04. The SMILES string of the molecule is CN=Cc1ccc(OCC(CCCC(C)C)Oc2ccc(C=NC)c(C(F)(F)F)c2)cc1C(F)(F)F. The molecule has 2 rings (SSSR count). The van der Waals surface area contributed by atoms with Crippen molar-refractivity contribution in [1.82, 2.24) is 0 Å². The van der Waals surface area contributed by atoms with Gasteiger partial charge < -0.3 is 9.47 Å². The molecule has 1 atom stereocenters. The molecule has 1 unspecified atom stereocenters. The van der Waals surface area contributed by atoms with Crippen molar-refractivity contribution in [3.63, 3.8) is 0 Å². The zero-order valence-corrected chi connectivity index (χ0v) is 20.6. The van der Waals surface area contributed by atoms with Gasteiger partial charge in [-0.1, -0.05) is 20.3 Å². The predicted octanol–water partition coefficient (Wildman–Crippen LogP) is 7.47. The number of hydrogen-bond donors (Lipinski definition) is 0. The zero-order chi connectivity index (χ0) is 26.9. The smallest absolute Gasteiger partial charge is 0.417 e. The lowest BCUT2D eigenvalue weighted by atomic mass is 10.0. The second kappa shape index (κ2) is 12.8. The molecule has 0 radical (unpaired) electrons. The maximum atomic E-state index is 13.5. The fourth-order valence-corrected chi connectivity index (χ4v) is 3.54. The number of benzene rings is 2. The van der Waals surface area contributed by atoms with Crippen molar-refractivity contribution in [2.45, 2.75) is 51.6 Å². The van der Waals surface area contributed by atoms with E-state index in [1.165, 1.54) is 38.4 Å². The van der Waals surface area contributed by atoms with Crippen LogP contribution in [0.25, 0.3) is 0 Å². The van der Waals surface area contributed by atoms with Gasteiger partial charge in [0.2, 0.25) is 0 Å². The van der Waals surface area contributed by atoms with E-state index in [9.17, 15) is 26.3 Å². The van der Waals surface area contributed by atoms with Gasteiger partial charge in [0.05, 0.1) is 11.1 Å². The number of alkyl halides is 6. The summed E-state index contributed by atoms with van der Waals surface area (Å²) < 4.78 is 92.4.